The molecule has 0 aromatic heterocycles. The Morgan fingerprint density at radius 1 is 1.22 bits per heavy atom. The maximum Gasteiger partial charge on any atom is 3.00 e. The summed E-state index contributed by atoms with van der Waals surface area (Å²) >= 11 is 3.64. The van der Waals surface area contributed by atoms with Crippen LogP contribution in [0.5, 0.6) is 0 Å². The van der Waals surface area contributed by atoms with Gasteiger partial charge in [-0.15, -0.1) is 0 Å². The van der Waals surface area contributed by atoms with Crippen LogP contribution in [0, 0.1) is 0 Å². The van der Waals surface area contributed by atoms with Crippen molar-refractivity contribution in [2.75, 3.05) is 0 Å². The molecule has 0 saturated carbocycles. The molecule has 0 aromatic rings. The summed E-state index contributed by atoms with van der Waals surface area (Å²) in [5, 5.41) is 0. The summed E-state index contributed by atoms with van der Waals surface area (Å²) in [7, 11) is -5.17. The SMILES string of the molecule is O=S(=O)([O-])[O-].OCl.[Al+3].[Mg+2]. The number of hydrogen-bond donors (Lipinski definition) is 1. The monoisotopic (exact) mass is 199 g/mol. The van der Waals surface area contributed by atoms with E-state index in [-0.39, 0.29) is 40.4 Å². The van der Waals surface area contributed by atoms with Gasteiger partial charge in [0.2, 0.25) is 0 Å². The normalized spacial score (nSPS) is 7.11. The van der Waals surface area contributed by atoms with Crippen molar-refractivity contribution in [2.45, 2.75) is 0 Å². The van der Waals surface area contributed by atoms with E-state index in [0.29, 0.717) is 0 Å². The number of hydrogen-bond acceptors (Lipinski definition) is 5. The molecule has 0 bridgehead atoms. The summed E-state index contributed by atoms with van der Waals surface area (Å²) in [6.45, 7) is 0. The second-order valence-corrected chi connectivity index (χ2v) is 1.22. The van der Waals surface area contributed by atoms with Crippen LogP contribution < -0.4 is 0 Å². The maximum absolute atomic E-state index is 8.52. The second-order valence-electron chi connectivity index (χ2n) is 0.408. The van der Waals surface area contributed by atoms with Crippen molar-refractivity contribution >= 4 is 62.7 Å². The molecular formula is HAlClMgO5S+3. The zero-order valence-electron chi connectivity index (χ0n) is 4.15. The van der Waals surface area contributed by atoms with Crippen LogP contribution >= 0.6 is 11.9 Å². The van der Waals surface area contributed by atoms with Crippen LogP contribution in [0.1, 0.15) is 0 Å². The van der Waals surface area contributed by atoms with E-state index in [1.165, 1.54) is 0 Å². The van der Waals surface area contributed by atoms with Gasteiger partial charge < -0.3 is 9.11 Å². The minimum atomic E-state index is -5.17. The Bertz CT molecular complexity index is 100. The standard InChI is InChI=1S/Al.ClHO.Mg.H2O4S/c;1-2;;1-5(2,3)4/h;2H;;(H2,1,2,3,4)/q+3;;+2;/p-2. The van der Waals surface area contributed by atoms with E-state index in [2.05, 4.69) is 11.9 Å². The van der Waals surface area contributed by atoms with Gasteiger partial charge in [-0.25, -0.2) is 0 Å². The molecule has 1 N–H and O–H groups in total. The molecule has 0 aromatic carbocycles. The third-order valence-electron chi connectivity index (χ3n) is 0. The van der Waals surface area contributed by atoms with Crippen LogP contribution in [0.4, 0.5) is 0 Å². The molecule has 46 valence electrons. The van der Waals surface area contributed by atoms with Crippen LogP contribution in [0.3, 0.4) is 0 Å². The molecule has 0 heterocycles. The quantitative estimate of drug-likeness (QED) is 0.277. The van der Waals surface area contributed by atoms with Crippen LogP contribution in [-0.2, 0) is 10.4 Å². The van der Waals surface area contributed by atoms with Gasteiger partial charge in [0.25, 0.3) is 0 Å². The van der Waals surface area contributed by atoms with Gasteiger partial charge in [-0.05, 0) is 0 Å². The van der Waals surface area contributed by atoms with E-state index in [1.54, 1.807) is 0 Å². The minimum Gasteiger partial charge on any atom is -0.759 e. The van der Waals surface area contributed by atoms with Gasteiger partial charge in [0.05, 0.1) is 11.9 Å². The molecule has 0 aliphatic carbocycles. The molecule has 5 nitrogen and oxygen atoms in total. The van der Waals surface area contributed by atoms with E-state index in [0.717, 1.165) is 0 Å². The molecule has 0 saturated heterocycles. The molecule has 0 atom stereocenters. The molecule has 0 radical (unpaired) electrons. The molecule has 9 heteroatoms. The fourth-order valence-corrected chi connectivity index (χ4v) is 0. The predicted molar refractivity (Wildman–Crippen MR) is 30.1 cm³/mol. The molecule has 0 aliphatic rings. The number of halogens is 1. The van der Waals surface area contributed by atoms with Crippen molar-refractivity contribution in [3.05, 3.63) is 0 Å². The molecule has 0 fully saturated rings. The van der Waals surface area contributed by atoms with Gasteiger partial charge >= 0.3 is 40.4 Å². The first kappa shape index (κ1) is 22.4. The fraction of sp³-hybridized carbons (Fsp3) is 0. The summed E-state index contributed by atoms with van der Waals surface area (Å²) in [5.74, 6) is 0. The summed E-state index contributed by atoms with van der Waals surface area (Å²) in [4.78, 5) is 0. The smallest absolute Gasteiger partial charge is 0.759 e. The Morgan fingerprint density at radius 2 is 1.22 bits per heavy atom. The van der Waals surface area contributed by atoms with Gasteiger partial charge in [0, 0.05) is 10.4 Å². The topological polar surface area (TPSA) is 100 Å². The zero-order valence-corrected chi connectivity index (χ0v) is 8.29. The molecule has 0 spiro atoms. The van der Waals surface area contributed by atoms with Crippen LogP contribution in [0.15, 0.2) is 0 Å². The van der Waals surface area contributed by atoms with E-state index >= 15 is 0 Å². The molecule has 9 heavy (non-hydrogen) atoms. The van der Waals surface area contributed by atoms with Gasteiger partial charge in [0.15, 0.2) is 0 Å². The second kappa shape index (κ2) is 12.1. The molecule has 0 aliphatic heterocycles. The van der Waals surface area contributed by atoms with Crippen molar-refractivity contribution in [3.8, 4) is 0 Å². The van der Waals surface area contributed by atoms with E-state index in [1.807, 2.05) is 0 Å². The molecule has 0 rings (SSSR count). The first-order chi connectivity index (χ1) is 3.00. The van der Waals surface area contributed by atoms with Gasteiger partial charge in [0.1, 0.15) is 0 Å². The molecular weight excluding hydrogens is 199 g/mol. The fourth-order valence-electron chi connectivity index (χ4n) is 0. The van der Waals surface area contributed by atoms with E-state index in [4.69, 9.17) is 22.2 Å². The summed E-state index contributed by atoms with van der Waals surface area (Å²) < 4.78 is 40.6. The maximum atomic E-state index is 8.52. The van der Waals surface area contributed by atoms with E-state index < -0.39 is 10.4 Å². The third kappa shape index (κ3) is 258. The molecule has 0 amide bonds. The van der Waals surface area contributed by atoms with Gasteiger partial charge in [-0.2, -0.15) is 0 Å². The Kier molecular flexibility index (Phi) is 30.2. The van der Waals surface area contributed by atoms with Crippen LogP contribution in [0.2, 0.25) is 0 Å². The largest absolute Gasteiger partial charge is 3.00 e. The van der Waals surface area contributed by atoms with Crippen LogP contribution in [-0.4, -0.2) is 62.6 Å². The Labute approximate surface area is 84.4 Å². The van der Waals surface area contributed by atoms with E-state index in [9.17, 15) is 0 Å². The summed E-state index contributed by atoms with van der Waals surface area (Å²) in [6, 6.07) is 0. The van der Waals surface area contributed by atoms with Crippen molar-refractivity contribution in [1.29, 1.82) is 0 Å². The third-order valence-corrected chi connectivity index (χ3v) is 0. The van der Waals surface area contributed by atoms with Crippen molar-refractivity contribution < 1.29 is 22.2 Å². The van der Waals surface area contributed by atoms with Gasteiger partial charge in [-0.1, -0.05) is 0 Å². The Balaban J connectivity index is -0.0000000286. The number of rotatable bonds is 0. The minimum absolute atomic E-state index is 0. The van der Waals surface area contributed by atoms with Crippen LogP contribution in [0.25, 0.3) is 0 Å². The summed E-state index contributed by atoms with van der Waals surface area (Å²) in [5.41, 5.74) is 0. The molecule has 0 unspecified atom stereocenters. The first-order valence-electron chi connectivity index (χ1n) is 0.836. The van der Waals surface area contributed by atoms with Crippen molar-refractivity contribution in [1.82, 2.24) is 0 Å². The van der Waals surface area contributed by atoms with Crippen molar-refractivity contribution in [2.24, 2.45) is 0 Å². The average Bonchev–Trinajstić information content (AvgIpc) is 1.36. The zero-order chi connectivity index (χ0) is 6.50. The van der Waals surface area contributed by atoms with Crippen molar-refractivity contribution in [3.63, 3.8) is 0 Å². The predicted octanol–water partition coefficient (Wildman–Crippen LogP) is -1.97. The first-order valence-corrected chi connectivity index (χ1v) is 2.51. The summed E-state index contributed by atoms with van der Waals surface area (Å²) in [6.07, 6.45) is 0. The average molecular weight is 200 g/mol. The van der Waals surface area contributed by atoms with Gasteiger partial charge in [-0.3, -0.25) is 13.1 Å². The Morgan fingerprint density at radius 3 is 1.22 bits per heavy atom. The Hall–Kier alpha value is 1.42.